The Balaban J connectivity index is 1.90. The summed E-state index contributed by atoms with van der Waals surface area (Å²) in [6.07, 6.45) is -3.87. The monoisotopic (exact) mass is 783 g/mol. The molecule has 3 aliphatic heterocycles. The SMILES string of the molecule is COC1C(O)CC(=O)OC(C)CC=CC=CC(=O)C(C)CC(CC=O)C1OC1OC(C)C(OC2C[C@@](C)(O)C(OC(=O)CC(C)C)C(C)O2)C(N(C)C)C1O. The lowest BCUT2D eigenvalue weighted by Gasteiger charge is -2.50. The second kappa shape index (κ2) is 21.2. The fourth-order valence-corrected chi connectivity index (χ4v) is 7.68. The lowest BCUT2D eigenvalue weighted by Crippen LogP contribution is -2.66. The van der Waals surface area contributed by atoms with Crippen molar-refractivity contribution >= 4 is 24.0 Å². The van der Waals surface area contributed by atoms with Gasteiger partial charge in [0.2, 0.25) is 0 Å². The van der Waals surface area contributed by atoms with Crippen molar-refractivity contribution in [3.05, 3.63) is 24.3 Å². The van der Waals surface area contributed by atoms with Crippen LogP contribution in [0, 0.1) is 17.8 Å². The summed E-state index contributed by atoms with van der Waals surface area (Å²) in [5, 5.41) is 34.7. The highest BCUT2D eigenvalue weighted by atomic mass is 16.7. The smallest absolute Gasteiger partial charge is 0.308 e. The van der Waals surface area contributed by atoms with Gasteiger partial charge in [0.15, 0.2) is 24.5 Å². The first-order valence-electron chi connectivity index (χ1n) is 19.4. The molecule has 15 nitrogen and oxygen atoms in total. The third-order valence-corrected chi connectivity index (χ3v) is 10.5. The van der Waals surface area contributed by atoms with Crippen molar-refractivity contribution in [1.82, 2.24) is 4.90 Å². The molecule has 0 aliphatic carbocycles. The molecule has 314 valence electrons. The number of likely N-dealkylation sites (N-methyl/N-ethyl adjacent to an activating group) is 1. The van der Waals surface area contributed by atoms with E-state index in [1.807, 2.05) is 13.8 Å². The maximum absolute atomic E-state index is 13.1. The van der Waals surface area contributed by atoms with Crippen molar-refractivity contribution in [2.24, 2.45) is 17.8 Å². The summed E-state index contributed by atoms with van der Waals surface area (Å²) < 4.78 is 42.3. The van der Waals surface area contributed by atoms with E-state index in [0.717, 1.165) is 0 Å². The number of aliphatic hydroxyl groups excluding tert-OH is 2. The van der Waals surface area contributed by atoms with E-state index in [4.69, 9.17) is 33.2 Å². The van der Waals surface area contributed by atoms with E-state index < -0.39 is 109 Å². The number of aldehydes is 1. The summed E-state index contributed by atoms with van der Waals surface area (Å²) in [7, 11) is 4.83. The van der Waals surface area contributed by atoms with Crippen LogP contribution in [0.3, 0.4) is 0 Å². The van der Waals surface area contributed by atoms with E-state index in [1.54, 1.807) is 71.8 Å². The number of nitrogens with zero attached hydrogens (tertiary/aromatic N) is 1. The van der Waals surface area contributed by atoms with Crippen LogP contribution in [0.5, 0.6) is 0 Å². The lowest BCUT2D eigenvalue weighted by molar-refractivity contribution is -0.344. The fraction of sp³-hybridized carbons (Fsp3) is 0.800. The van der Waals surface area contributed by atoms with Crippen LogP contribution in [-0.4, -0.2) is 145 Å². The van der Waals surface area contributed by atoms with Crippen molar-refractivity contribution in [3.63, 3.8) is 0 Å². The van der Waals surface area contributed by atoms with Crippen molar-refractivity contribution in [3.8, 4) is 0 Å². The van der Waals surface area contributed by atoms with Crippen LogP contribution >= 0.6 is 0 Å². The first kappa shape index (κ1) is 46.8. The fourth-order valence-electron chi connectivity index (χ4n) is 7.68. The zero-order valence-electron chi connectivity index (χ0n) is 34.1. The number of carbonyl (C=O) groups is 4. The minimum atomic E-state index is -1.49. The molecular weight excluding hydrogens is 718 g/mol. The molecule has 3 N–H and O–H groups in total. The van der Waals surface area contributed by atoms with E-state index in [-0.39, 0.29) is 37.4 Å². The van der Waals surface area contributed by atoms with Gasteiger partial charge in [0.25, 0.3) is 0 Å². The quantitative estimate of drug-likeness (QED) is 0.204. The molecule has 2 fully saturated rings. The molecule has 14 unspecified atom stereocenters. The average Bonchev–Trinajstić information content (AvgIpc) is 3.06. The third kappa shape index (κ3) is 13.2. The highest BCUT2D eigenvalue weighted by Gasteiger charge is 2.52. The Morgan fingerprint density at radius 2 is 1.73 bits per heavy atom. The van der Waals surface area contributed by atoms with E-state index in [1.165, 1.54) is 13.2 Å². The minimum absolute atomic E-state index is 0.0389. The number of esters is 2. The zero-order valence-corrected chi connectivity index (χ0v) is 34.1. The Labute approximate surface area is 325 Å². The largest absolute Gasteiger partial charge is 0.462 e. The Kier molecular flexibility index (Phi) is 18.1. The molecule has 0 amide bonds. The number of methoxy groups -OCH3 is 1. The van der Waals surface area contributed by atoms with Crippen LogP contribution in [0.4, 0.5) is 0 Å². The maximum Gasteiger partial charge on any atom is 0.308 e. The summed E-state index contributed by atoms with van der Waals surface area (Å²) in [5.41, 5.74) is -1.49. The van der Waals surface area contributed by atoms with Gasteiger partial charge in [-0.25, -0.2) is 0 Å². The van der Waals surface area contributed by atoms with Crippen molar-refractivity contribution in [1.29, 1.82) is 0 Å². The number of ether oxygens (including phenoxy) is 7. The van der Waals surface area contributed by atoms with Crippen molar-refractivity contribution in [2.45, 2.75) is 166 Å². The number of rotatable bonds is 11. The molecule has 2 saturated heterocycles. The first-order valence-corrected chi connectivity index (χ1v) is 19.4. The lowest BCUT2D eigenvalue weighted by atomic mass is 9.83. The van der Waals surface area contributed by atoms with Crippen LogP contribution in [0.25, 0.3) is 0 Å². The van der Waals surface area contributed by atoms with E-state index in [0.29, 0.717) is 12.7 Å². The van der Waals surface area contributed by atoms with Gasteiger partial charge in [-0.15, -0.1) is 0 Å². The molecule has 3 rings (SSSR count). The van der Waals surface area contributed by atoms with E-state index >= 15 is 0 Å². The van der Waals surface area contributed by atoms with Crippen LogP contribution < -0.4 is 0 Å². The second-order valence-corrected chi connectivity index (χ2v) is 16.2. The number of hydrogen-bond acceptors (Lipinski definition) is 15. The van der Waals surface area contributed by atoms with E-state index in [9.17, 15) is 34.5 Å². The molecule has 15 heteroatoms. The predicted octanol–water partition coefficient (Wildman–Crippen LogP) is 2.65. The number of hydrogen-bond donors (Lipinski definition) is 3. The molecule has 3 aliphatic rings. The highest BCUT2D eigenvalue weighted by molar-refractivity contribution is 5.91. The molecule has 0 bridgehead atoms. The number of ketones is 1. The van der Waals surface area contributed by atoms with Gasteiger partial charge in [0, 0.05) is 38.7 Å². The summed E-state index contributed by atoms with van der Waals surface area (Å²) in [6.45, 7) is 12.2. The standard InChI is InChI=1S/C40H65NO14/c1-22(2)18-30(45)53-38-26(6)51-32(21-40(38,7)48)54-35-25(5)52-39(34(47)33(35)41(8)9)55-36-27(16-17-42)19-23(3)28(43)15-13-11-12-14-24(4)50-31(46)20-29(44)37(36)49-10/h11-13,15,17,22-27,29,32-39,44,47-48H,14,16,18-21H2,1-10H3/t23?,24?,25?,26?,27?,29?,32?,33?,34?,35?,36?,37?,38?,39?,40-/m1/s1. The van der Waals surface area contributed by atoms with Crippen molar-refractivity contribution < 1.29 is 67.7 Å². The highest BCUT2D eigenvalue weighted by Crippen LogP contribution is 2.37. The molecule has 55 heavy (non-hydrogen) atoms. The zero-order chi connectivity index (χ0) is 41.2. The number of aliphatic hydroxyl groups is 3. The molecule has 0 aromatic heterocycles. The van der Waals surface area contributed by atoms with Gasteiger partial charge in [-0.05, 0) is 66.1 Å². The van der Waals surface area contributed by atoms with Crippen LogP contribution in [0.2, 0.25) is 0 Å². The van der Waals surface area contributed by atoms with Crippen molar-refractivity contribution in [2.75, 3.05) is 21.2 Å². The minimum Gasteiger partial charge on any atom is -0.462 e. The number of cyclic esters (lactones) is 1. The van der Waals surface area contributed by atoms with E-state index in [2.05, 4.69) is 0 Å². The molecule has 15 atom stereocenters. The maximum atomic E-state index is 13.1. The third-order valence-electron chi connectivity index (χ3n) is 10.5. The second-order valence-electron chi connectivity index (χ2n) is 16.2. The molecule has 0 aromatic rings. The van der Waals surface area contributed by atoms with Gasteiger partial charge in [-0.1, -0.05) is 39.0 Å². The summed E-state index contributed by atoms with van der Waals surface area (Å²) in [6, 6.07) is -0.768. The van der Waals surface area contributed by atoms with Crippen LogP contribution in [0.1, 0.15) is 87.0 Å². The molecule has 0 radical (unpaired) electrons. The average molecular weight is 784 g/mol. The van der Waals surface area contributed by atoms with Gasteiger partial charge >= 0.3 is 11.9 Å². The van der Waals surface area contributed by atoms with Gasteiger partial charge in [0.1, 0.15) is 36.3 Å². The van der Waals surface area contributed by atoms with Gasteiger partial charge in [-0.2, -0.15) is 0 Å². The Bertz CT molecular complexity index is 1320. The molecule has 0 saturated carbocycles. The molecule has 0 aromatic carbocycles. The number of allylic oxidation sites excluding steroid dienone is 3. The Morgan fingerprint density at radius 1 is 1.04 bits per heavy atom. The molecule has 0 spiro atoms. The Morgan fingerprint density at radius 3 is 2.33 bits per heavy atom. The first-order chi connectivity index (χ1) is 25.8. The molecule has 3 heterocycles. The predicted molar refractivity (Wildman–Crippen MR) is 199 cm³/mol. The summed E-state index contributed by atoms with van der Waals surface area (Å²) >= 11 is 0. The summed E-state index contributed by atoms with van der Waals surface area (Å²) in [5.74, 6) is -2.50. The Hall–Kier alpha value is -2.60. The normalized spacial score (nSPS) is 39.9. The van der Waals surface area contributed by atoms with Crippen LogP contribution in [0.15, 0.2) is 24.3 Å². The molecular formula is C40H65NO14. The topological polar surface area (TPSA) is 197 Å². The van der Waals surface area contributed by atoms with Gasteiger partial charge in [0.05, 0.1) is 36.9 Å². The number of carbonyl (C=O) groups excluding carboxylic acids is 4. The summed E-state index contributed by atoms with van der Waals surface area (Å²) in [4.78, 5) is 52.3. The van der Waals surface area contributed by atoms with Crippen LogP contribution in [-0.2, 0) is 52.3 Å². The van der Waals surface area contributed by atoms with Gasteiger partial charge in [-0.3, -0.25) is 14.4 Å². The van der Waals surface area contributed by atoms with Gasteiger partial charge < -0.3 is 58.2 Å².